The Morgan fingerprint density at radius 2 is 1.96 bits per heavy atom. The fourth-order valence-electron chi connectivity index (χ4n) is 3.24. The Kier molecular flexibility index (Phi) is 6.89. The number of carbonyl (C=O) groups is 1. The average Bonchev–Trinajstić information content (AvgIpc) is 2.75. The van der Waals surface area contributed by atoms with Crippen molar-refractivity contribution in [3.05, 3.63) is 53.7 Å². The summed E-state index contributed by atoms with van der Waals surface area (Å²) in [4.78, 5) is 16.8. The number of nitrogens with one attached hydrogen (secondary N) is 2. The van der Waals surface area contributed by atoms with Crippen molar-refractivity contribution in [1.29, 1.82) is 0 Å². The molecule has 1 heterocycles. The minimum atomic E-state index is -0.251. The molecule has 2 N–H and O–H groups in total. The monoisotopic (exact) mass is 381 g/mol. The molecule has 6 nitrogen and oxygen atoms in total. The number of amides is 1. The van der Waals surface area contributed by atoms with Gasteiger partial charge in [-0.1, -0.05) is 11.6 Å². The summed E-state index contributed by atoms with van der Waals surface area (Å²) in [7, 11) is 3.10. The van der Waals surface area contributed by atoms with Gasteiger partial charge < -0.3 is 20.1 Å². The van der Waals surface area contributed by atoms with E-state index >= 15 is 0 Å². The summed E-state index contributed by atoms with van der Waals surface area (Å²) >= 11 is 0. The first-order chi connectivity index (χ1) is 13.7. The van der Waals surface area contributed by atoms with Crippen molar-refractivity contribution in [3.8, 4) is 11.5 Å². The van der Waals surface area contributed by atoms with Gasteiger partial charge in [-0.2, -0.15) is 0 Å². The second-order valence-corrected chi connectivity index (χ2v) is 6.74. The molecular formula is C22H27N3O3. The van der Waals surface area contributed by atoms with E-state index in [-0.39, 0.29) is 5.91 Å². The number of carbonyl (C=O) groups excluding carboxylic acids is 1. The SMILES string of the molecule is COc1ccc(C(=O)Nc2ccc(NCCC3=CCCCC3)cn2)cc1OC. The summed E-state index contributed by atoms with van der Waals surface area (Å²) in [5.41, 5.74) is 2.97. The first-order valence-corrected chi connectivity index (χ1v) is 9.61. The first-order valence-electron chi connectivity index (χ1n) is 9.61. The quantitative estimate of drug-likeness (QED) is 0.651. The molecule has 1 aromatic heterocycles. The number of nitrogens with zero attached hydrogens (tertiary/aromatic N) is 1. The van der Waals surface area contributed by atoms with Gasteiger partial charge in [0.1, 0.15) is 5.82 Å². The number of pyridine rings is 1. The van der Waals surface area contributed by atoms with Crippen LogP contribution in [0.5, 0.6) is 11.5 Å². The Bertz CT molecular complexity index is 831. The molecule has 28 heavy (non-hydrogen) atoms. The molecule has 0 saturated heterocycles. The lowest BCUT2D eigenvalue weighted by Gasteiger charge is -2.13. The third kappa shape index (κ3) is 5.25. The van der Waals surface area contributed by atoms with Gasteiger partial charge in [0, 0.05) is 12.1 Å². The van der Waals surface area contributed by atoms with Crippen molar-refractivity contribution in [2.45, 2.75) is 32.1 Å². The lowest BCUT2D eigenvalue weighted by Crippen LogP contribution is -2.13. The lowest BCUT2D eigenvalue weighted by atomic mass is 9.97. The van der Waals surface area contributed by atoms with Crippen LogP contribution in [0.15, 0.2) is 48.2 Å². The zero-order valence-electron chi connectivity index (χ0n) is 16.5. The van der Waals surface area contributed by atoms with Crippen LogP contribution in [-0.2, 0) is 0 Å². The van der Waals surface area contributed by atoms with E-state index in [0.717, 1.165) is 18.7 Å². The molecule has 0 atom stereocenters. The molecule has 6 heteroatoms. The largest absolute Gasteiger partial charge is 0.493 e. The van der Waals surface area contributed by atoms with E-state index in [1.165, 1.54) is 32.8 Å². The molecule has 0 radical (unpaired) electrons. The minimum Gasteiger partial charge on any atom is -0.493 e. The van der Waals surface area contributed by atoms with Crippen LogP contribution in [0, 0.1) is 0 Å². The molecule has 0 unspecified atom stereocenters. The summed E-state index contributed by atoms with van der Waals surface area (Å²) in [6, 6.07) is 8.75. The molecule has 1 aromatic carbocycles. The number of anilines is 2. The molecule has 1 aliphatic rings. The van der Waals surface area contributed by atoms with Crippen molar-refractivity contribution in [2.75, 3.05) is 31.4 Å². The smallest absolute Gasteiger partial charge is 0.256 e. The van der Waals surface area contributed by atoms with Gasteiger partial charge in [0.2, 0.25) is 0 Å². The fraction of sp³-hybridized carbons (Fsp3) is 0.364. The van der Waals surface area contributed by atoms with Gasteiger partial charge in [-0.3, -0.25) is 4.79 Å². The Labute approximate surface area is 166 Å². The summed E-state index contributed by atoms with van der Waals surface area (Å²) < 4.78 is 10.4. The number of methoxy groups -OCH3 is 2. The van der Waals surface area contributed by atoms with E-state index in [2.05, 4.69) is 21.7 Å². The van der Waals surface area contributed by atoms with Gasteiger partial charge >= 0.3 is 0 Å². The van der Waals surface area contributed by atoms with Crippen LogP contribution in [-0.4, -0.2) is 31.7 Å². The Morgan fingerprint density at radius 3 is 2.64 bits per heavy atom. The van der Waals surface area contributed by atoms with E-state index in [1.54, 1.807) is 43.1 Å². The van der Waals surface area contributed by atoms with Gasteiger partial charge in [-0.15, -0.1) is 0 Å². The van der Waals surface area contributed by atoms with E-state index in [1.807, 2.05) is 6.07 Å². The molecule has 0 fully saturated rings. The van der Waals surface area contributed by atoms with Crippen LogP contribution in [0.25, 0.3) is 0 Å². The van der Waals surface area contributed by atoms with Crippen LogP contribution in [0.1, 0.15) is 42.5 Å². The van der Waals surface area contributed by atoms with E-state index in [9.17, 15) is 4.79 Å². The molecule has 148 valence electrons. The third-order valence-corrected chi connectivity index (χ3v) is 4.81. The third-order valence-electron chi connectivity index (χ3n) is 4.81. The molecular weight excluding hydrogens is 354 g/mol. The van der Waals surface area contributed by atoms with E-state index in [0.29, 0.717) is 22.9 Å². The number of ether oxygens (including phenoxy) is 2. The predicted octanol–water partition coefficient (Wildman–Crippen LogP) is 4.65. The Hall–Kier alpha value is -3.02. The van der Waals surface area contributed by atoms with Gasteiger partial charge in [0.15, 0.2) is 11.5 Å². The highest BCUT2D eigenvalue weighted by Crippen LogP contribution is 2.28. The average molecular weight is 381 g/mol. The van der Waals surface area contributed by atoms with E-state index < -0.39 is 0 Å². The van der Waals surface area contributed by atoms with Gasteiger partial charge in [0.05, 0.1) is 26.1 Å². The normalized spacial score (nSPS) is 13.4. The first kappa shape index (κ1) is 19.7. The van der Waals surface area contributed by atoms with Crippen molar-refractivity contribution in [2.24, 2.45) is 0 Å². The zero-order valence-corrected chi connectivity index (χ0v) is 16.5. The van der Waals surface area contributed by atoms with Gasteiger partial charge in [0.25, 0.3) is 5.91 Å². The van der Waals surface area contributed by atoms with Crippen LogP contribution in [0.4, 0.5) is 11.5 Å². The standard InChI is InChI=1S/C22H27N3O3/c1-27-19-10-8-17(14-20(19)28-2)22(26)25-21-11-9-18(15-24-21)23-13-12-16-6-4-3-5-7-16/h6,8-11,14-15,23H,3-5,7,12-13H2,1-2H3,(H,24,25,26). The number of aromatic nitrogens is 1. The number of hydrogen-bond donors (Lipinski definition) is 2. The maximum atomic E-state index is 12.4. The summed E-state index contributed by atoms with van der Waals surface area (Å²) in [5, 5.41) is 6.18. The molecule has 1 aliphatic carbocycles. The fourth-order valence-corrected chi connectivity index (χ4v) is 3.24. The lowest BCUT2D eigenvalue weighted by molar-refractivity contribution is 0.102. The second kappa shape index (κ2) is 9.78. The molecule has 1 amide bonds. The molecule has 3 rings (SSSR count). The molecule has 0 spiro atoms. The summed E-state index contributed by atoms with van der Waals surface area (Å²) in [5.74, 6) is 1.34. The molecule has 0 aliphatic heterocycles. The predicted molar refractivity (Wildman–Crippen MR) is 111 cm³/mol. The van der Waals surface area contributed by atoms with Crippen molar-refractivity contribution in [1.82, 2.24) is 4.98 Å². The van der Waals surface area contributed by atoms with Gasteiger partial charge in [-0.05, 0) is 62.4 Å². The summed E-state index contributed by atoms with van der Waals surface area (Å²) in [6.45, 7) is 0.894. The van der Waals surface area contributed by atoms with Crippen molar-refractivity contribution in [3.63, 3.8) is 0 Å². The van der Waals surface area contributed by atoms with E-state index in [4.69, 9.17) is 9.47 Å². The van der Waals surface area contributed by atoms with Crippen LogP contribution in [0.3, 0.4) is 0 Å². The topological polar surface area (TPSA) is 72.5 Å². The summed E-state index contributed by atoms with van der Waals surface area (Å²) in [6.07, 6.45) is 10.2. The number of allylic oxidation sites excluding steroid dienone is 1. The number of benzene rings is 1. The van der Waals surface area contributed by atoms with Crippen LogP contribution in [0.2, 0.25) is 0 Å². The van der Waals surface area contributed by atoms with Crippen molar-refractivity contribution < 1.29 is 14.3 Å². The highest BCUT2D eigenvalue weighted by molar-refractivity contribution is 6.04. The van der Waals surface area contributed by atoms with Gasteiger partial charge in [-0.25, -0.2) is 4.98 Å². The van der Waals surface area contributed by atoms with Crippen molar-refractivity contribution >= 4 is 17.4 Å². The van der Waals surface area contributed by atoms with Crippen LogP contribution < -0.4 is 20.1 Å². The number of hydrogen-bond acceptors (Lipinski definition) is 5. The highest BCUT2D eigenvalue weighted by atomic mass is 16.5. The highest BCUT2D eigenvalue weighted by Gasteiger charge is 2.11. The zero-order chi connectivity index (χ0) is 19.8. The maximum Gasteiger partial charge on any atom is 0.256 e. The Balaban J connectivity index is 1.53. The van der Waals surface area contributed by atoms with Crippen LogP contribution >= 0.6 is 0 Å². The molecule has 0 bridgehead atoms. The molecule has 2 aromatic rings. The number of rotatable bonds is 8. The Morgan fingerprint density at radius 1 is 1.11 bits per heavy atom. The second-order valence-electron chi connectivity index (χ2n) is 6.74. The minimum absolute atomic E-state index is 0.251. The molecule has 0 saturated carbocycles. The maximum absolute atomic E-state index is 12.4.